The molecule has 0 saturated heterocycles. The zero-order chi connectivity index (χ0) is 12.0. The zero-order valence-electron chi connectivity index (χ0n) is 8.57. The lowest BCUT2D eigenvalue weighted by atomic mass is 10.1. The number of nitrogens with one attached hydrogen (secondary N) is 1. The first-order chi connectivity index (χ1) is 7.58. The van der Waals surface area contributed by atoms with Crippen LogP contribution in [0.25, 0.3) is 0 Å². The molecule has 2 N–H and O–H groups in total. The molecule has 5 heteroatoms. The van der Waals surface area contributed by atoms with Crippen molar-refractivity contribution in [2.75, 3.05) is 6.54 Å². The Bertz CT molecular complexity index is 393. The molecule has 0 saturated carbocycles. The Labute approximate surface area is 102 Å². The molecule has 0 fully saturated rings. The summed E-state index contributed by atoms with van der Waals surface area (Å²) >= 11 is 3.34. The minimum Gasteiger partial charge on any atom is -0.480 e. The van der Waals surface area contributed by atoms with Gasteiger partial charge in [-0.3, -0.25) is 9.59 Å². The number of carboxylic acid groups (broad SMARTS) is 1. The zero-order valence-corrected chi connectivity index (χ0v) is 10.2. The van der Waals surface area contributed by atoms with Gasteiger partial charge in [0.2, 0.25) is 5.91 Å². The van der Waals surface area contributed by atoms with Gasteiger partial charge in [-0.2, -0.15) is 0 Å². The second kappa shape index (κ2) is 6.27. The average molecular weight is 286 g/mol. The van der Waals surface area contributed by atoms with Gasteiger partial charge in [0.1, 0.15) is 6.54 Å². The van der Waals surface area contributed by atoms with Gasteiger partial charge in [0.25, 0.3) is 0 Å². The van der Waals surface area contributed by atoms with Gasteiger partial charge in [-0.25, -0.2) is 0 Å². The highest BCUT2D eigenvalue weighted by Gasteiger charge is 2.04. The maximum atomic E-state index is 11.2. The fourth-order valence-electron chi connectivity index (χ4n) is 1.21. The van der Waals surface area contributed by atoms with E-state index in [1.165, 1.54) is 0 Å². The number of carbonyl (C=O) groups excluding carboxylic acids is 1. The molecule has 1 amide bonds. The highest BCUT2D eigenvalue weighted by atomic mass is 79.9. The lowest BCUT2D eigenvalue weighted by Crippen LogP contribution is -2.29. The van der Waals surface area contributed by atoms with Crippen LogP contribution in [0.3, 0.4) is 0 Å². The van der Waals surface area contributed by atoms with E-state index in [9.17, 15) is 9.59 Å². The minimum atomic E-state index is -1.03. The van der Waals surface area contributed by atoms with Crippen LogP contribution >= 0.6 is 15.9 Å². The fraction of sp³-hybridized carbons (Fsp3) is 0.273. The molecule has 86 valence electrons. The number of benzene rings is 1. The van der Waals surface area contributed by atoms with Crippen molar-refractivity contribution in [2.45, 2.75) is 12.8 Å². The summed E-state index contributed by atoms with van der Waals surface area (Å²) in [6, 6.07) is 7.67. The Morgan fingerprint density at radius 1 is 1.38 bits per heavy atom. The van der Waals surface area contributed by atoms with Crippen molar-refractivity contribution in [2.24, 2.45) is 0 Å². The van der Waals surface area contributed by atoms with Crippen molar-refractivity contribution in [3.8, 4) is 0 Å². The number of carbonyl (C=O) groups is 2. The summed E-state index contributed by atoms with van der Waals surface area (Å²) in [6.07, 6.45) is 0.897. The number of rotatable bonds is 5. The van der Waals surface area contributed by atoms with E-state index in [1.807, 2.05) is 24.3 Å². The first-order valence-electron chi connectivity index (χ1n) is 4.81. The molecule has 0 heterocycles. The first kappa shape index (κ1) is 12.7. The number of aryl methyl sites for hydroxylation is 1. The van der Waals surface area contributed by atoms with Gasteiger partial charge >= 0.3 is 5.97 Å². The summed E-state index contributed by atoms with van der Waals surface area (Å²) in [7, 11) is 0. The molecule has 1 aromatic carbocycles. The number of carboxylic acids is 1. The molecular formula is C11H12BrNO3. The number of aliphatic carboxylic acids is 1. The lowest BCUT2D eigenvalue weighted by Gasteiger charge is -2.03. The van der Waals surface area contributed by atoms with E-state index in [1.54, 1.807) is 0 Å². The SMILES string of the molecule is O=C(O)CNC(=O)CCc1cccc(Br)c1. The van der Waals surface area contributed by atoms with E-state index in [4.69, 9.17) is 5.11 Å². The van der Waals surface area contributed by atoms with Crippen LogP contribution in [0.2, 0.25) is 0 Å². The average Bonchev–Trinajstić information content (AvgIpc) is 2.23. The Hall–Kier alpha value is -1.36. The van der Waals surface area contributed by atoms with Crippen LogP contribution in [-0.4, -0.2) is 23.5 Å². The molecule has 1 rings (SSSR count). The molecule has 0 aromatic heterocycles. The van der Waals surface area contributed by atoms with Crippen LogP contribution in [0.1, 0.15) is 12.0 Å². The lowest BCUT2D eigenvalue weighted by molar-refractivity contribution is -0.137. The number of hydrogen-bond donors (Lipinski definition) is 2. The minimum absolute atomic E-state index is 0.248. The van der Waals surface area contributed by atoms with Gasteiger partial charge in [-0.1, -0.05) is 28.1 Å². The van der Waals surface area contributed by atoms with Gasteiger partial charge < -0.3 is 10.4 Å². The second-order valence-corrected chi connectivity index (χ2v) is 4.22. The predicted octanol–water partition coefficient (Wildman–Crippen LogP) is 1.58. The Kier molecular flexibility index (Phi) is 4.98. The van der Waals surface area contributed by atoms with Crippen molar-refractivity contribution in [3.63, 3.8) is 0 Å². The number of hydrogen-bond acceptors (Lipinski definition) is 2. The van der Waals surface area contributed by atoms with E-state index in [0.717, 1.165) is 10.0 Å². The quantitative estimate of drug-likeness (QED) is 0.863. The highest BCUT2D eigenvalue weighted by molar-refractivity contribution is 9.10. The van der Waals surface area contributed by atoms with Crippen molar-refractivity contribution in [3.05, 3.63) is 34.3 Å². The first-order valence-corrected chi connectivity index (χ1v) is 5.60. The van der Waals surface area contributed by atoms with Gasteiger partial charge in [0.15, 0.2) is 0 Å². The van der Waals surface area contributed by atoms with Crippen molar-refractivity contribution >= 4 is 27.8 Å². The molecule has 0 aliphatic carbocycles. The Morgan fingerprint density at radius 3 is 2.75 bits per heavy atom. The maximum absolute atomic E-state index is 11.2. The van der Waals surface area contributed by atoms with Crippen LogP contribution in [0, 0.1) is 0 Å². The number of halogens is 1. The highest BCUT2D eigenvalue weighted by Crippen LogP contribution is 2.12. The normalized spacial score (nSPS) is 9.81. The van der Waals surface area contributed by atoms with E-state index in [2.05, 4.69) is 21.2 Å². The van der Waals surface area contributed by atoms with E-state index in [-0.39, 0.29) is 12.5 Å². The molecule has 0 radical (unpaired) electrons. The van der Waals surface area contributed by atoms with Crippen LogP contribution in [0.4, 0.5) is 0 Å². The number of amides is 1. The molecule has 16 heavy (non-hydrogen) atoms. The summed E-state index contributed by atoms with van der Waals surface area (Å²) in [6.45, 7) is -0.322. The van der Waals surface area contributed by atoms with Crippen LogP contribution in [0.15, 0.2) is 28.7 Å². The van der Waals surface area contributed by atoms with E-state index >= 15 is 0 Å². The summed E-state index contributed by atoms with van der Waals surface area (Å²) < 4.78 is 0.968. The van der Waals surface area contributed by atoms with Gasteiger partial charge in [0.05, 0.1) is 0 Å². The third-order valence-corrected chi connectivity index (χ3v) is 2.46. The van der Waals surface area contributed by atoms with Crippen LogP contribution in [0.5, 0.6) is 0 Å². The standard InChI is InChI=1S/C11H12BrNO3/c12-9-3-1-2-8(6-9)4-5-10(14)13-7-11(15)16/h1-3,6H,4-5,7H2,(H,13,14)(H,15,16). The molecule has 0 bridgehead atoms. The van der Waals surface area contributed by atoms with Crippen molar-refractivity contribution < 1.29 is 14.7 Å². The molecule has 0 unspecified atom stereocenters. The van der Waals surface area contributed by atoms with Crippen LogP contribution in [-0.2, 0) is 16.0 Å². The summed E-state index contributed by atoms with van der Waals surface area (Å²) in [5.41, 5.74) is 1.04. The molecule has 0 aliphatic rings. The summed E-state index contributed by atoms with van der Waals surface area (Å²) in [5.74, 6) is -1.28. The molecule has 1 aromatic rings. The second-order valence-electron chi connectivity index (χ2n) is 3.30. The monoisotopic (exact) mass is 285 g/mol. The van der Waals surface area contributed by atoms with Crippen LogP contribution < -0.4 is 5.32 Å². The predicted molar refractivity (Wildman–Crippen MR) is 63.1 cm³/mol. The molecule has 4 nitrogen and oxygen atoms in total. The fourth-order valence-corrected chi connectivity index (χ4v) is 1.66. The van der Waals surface area contributed by atoms with Gasteiger partial charge in [0, 0.05) is 10.9 Å². The maximum Gasteiger partial charge on any atom is 0.322 e. The van der Waals surface area contributed by atoms with Gasteiger partial charge in [-0.05, 0) is 24.1 Å². The van der Waals surface area contributed by atoms with E-state index in [0.29, 0.717) is 12.8 Å². The molecule has 0 atom stereocenters. The molecule has 0 spiro atoms. The Balaban J connectivity index is 2.34. The third kappa shape index (κ3) is 4.93. The summed E-state index contributed by atoms with van der Waals surface area (Å²) in [4.78, 5) is 21.4. The molecular weight excluding hydrogens is 274 g/mol. The molecule has 0 aliphatic heterocycles. The Morgan fingerprint density at radius 2 is 2.12 bits per heavy atom. The topological polar surface area (TPSA) is 66.4 Å². The van der Waals surface area contributed by atoms with E-state index < -0.39 is 5.97 Å². The van der Waals surface area contributed by atoms with Crippen molar-refractivity contribution in [1.82, 2.24) is 5.32 Å². The largest absolute Gasteiger partial charge is 0.480 e. The summed E-state index contributed by atoms with van der Waals surface area (Å²) in [5, 5.41) is 10.7. The van der Waals surface area contributed by atoms with Crippen molar-refractivity contribution in [1.29, 1.82) is 0 Å². The third-order valence-electron chi connectivity index (χ3n) is 1.97. The van der Waals surface area contributed by atoms with Gasteiger partial charge in [-0.15, -0.1) is 0 Å². The smallest absolute Gasteiger partial charge is 0.322 e.